The van der Waals surface area contributed by atoms with Crippen molar-refractivity contribution >= 4 is 15.9 Å². The lowest BCUT2D eigenvalue weighted by Crippen LogP contribution is -2.47. The van der Waals surface area contributed by atoms with Gasteiger partial charge in [0.05, 0.1) is 6.26 Å². The molecule has 1 heterocycles. The zero-order chi connectivity index (χ0) is 24.0. The minimum atomic E-state index is -3.13. The van der Waals surface area contributed by atoms with Crippen molar-refractivity contribution in [1.29, 1.82) is 0 Å². The van der Waals surface area contributed by atoms with E-state index in [9.17, 15) is 13.2 Å². The smallest absolute Gasteiger partial charge is 0.254 e. The van der Waals surface area contributed by atoms with Gasteiger partial charge in [0.2, 0.25) is 10.0 Å². The van der Waals surface area contributed by atoms with Crippen molar-refractivity contribution in [3.63, 3.8) is 0 Å². The highest BCUT2D eigenvalue weighted by Crippen LogP contribution is 2.17. The van der Waals surface area contributed by atoms with Gasteiger partial charge in [-0.15, -0.1) is 0 Å². The molecule has 0 atom stereocenters. The number of nitrogens with zero attached hydrogens (tertiary/aromatic N) is 3. The fourth-order valence-corrected chi connectivity index (χ4v) is 5.05. The normalized spacial score (nSPS) is 15.2. The lowest BCUT2D eigenvalue weighted by atomic mass is 10.1. The number of hydrogen-bond acceptors (Lipinski definition) is 4. The maximum atomic E-state index is 13.4. The van der Waals surface area contributed by atoms with Gasteiger partial charge in [-0.1, -0.05) is 72.8 Å². The van der Waals surface area contributed by atoms with E-state index in [1.165, 1.54) is 10.6 Å². The minimum Gasteiger partial charge on any atom is -0.330 e. The summed E-state index contributed by atoms with van der Waals surface area (Å²) < 4.78 is 24.9. The fraction of sp³-hybridized carbons (Fsp3) is 0.296. The fourth-order valence-electron chi connectivity index (χ4n) is 4.22. The molecule has 34 heavy (non-hydrogen) atoms. The van der Waals surface area contributed by atoms with E-state index in [0.717, 1.165) is 23.2 Å². The predicted molar refractivity (Wildman–Crippen MR) is 135 cm³/mol. The maximum Gasteiger partial charge on any atom is 0.254 e. The Morgan fingerprint density at radius 2 is 1.24 bits per heavy atom. The lowest BCUT2D eigenvalue weighted by Gasteiger charge is -2.33. The summed E-state index contributed by atoms with van der Waals surface area (Å²) in [5, 5.41) is 0. The van der Waals surface area contributed by atoms with Crippen LogP contribution in [0.1, 0.15) is 27.0 Å². The highest BCUT2D eigenvalue weighted by Gasteiger charge is 2.23. The van der Waals surface area contributed by atoms with Gasteiger partial charge < -0.3 is 4.90 Å². The number of sulfonamides is 1. The minimum absolute atomic E-state index is 0.000947. The Kier molecular flexibility index (Phi) is 7.77. The second kappa shape index (κ2) is 11.0. The van der Waals surface area contributed by atoms with Crippen molar-refractivity contribution < 1.29 is 13.2 Å². The maximum absolute atomic E-state index is 13.4. The summed E-state index contributed by atoms with van der Waals surface area (Å²) >= 11 is 0. The number of carbonyl (C=O) groups excluding carboxylic acids is 1. The molecule has 0 bridgehead atoms. The molecule has 4 rings (SSSR count). The third-order valence-electron chi connectivity index (χ3n) is 6.13. The van der Waals surface area contributed by atoms with Crippen molar-refractivity contribution in [3.8, 4) is 0 Å². The Morgan fingerprint density at radius 3 is 1.71 bits per heavy atom. The molecule has 0 spiro atoms. The van der Waals surface area contributed by atoms with Crippen molar-refractivity contribution in [2.75, 3.05) is 32.4 Å². The molecule has 0 saturated carbocycles. The molecule has 1 fully saturated rings. The second-order valence-corrected chi connectivity index (χ2v) is 10.7. The molecule has 3 aromatic rings. The molecule has 0 radical (unpaired) electrons. The molecule has 6 nitrogen and oxygen atoms in total. The standard InChI is InChI=1S/C27H31N3O3S/c1-34(32,33)30-18-16-28(17-19-30)20-25-12-14-26(15-13-25)27(31)29(21-23-8-4-2-5-9-23)22-24-10-6-3-7-11-24/h2-15H,16-22H2,1H3. The van der Waals surface area contributed by atoms with Crippen LogP contribution in [0.5, 0.6) is 0 Å². The van der Waals surface area contributed by atoms with Crippen LogP contribution in [0.2, 0.25) is 0 Å². The summed E-state index contributed by atoms with van der Waals surface area (Å²) in [6, 6.07) is 27.9. The summed E-state index contributed by atoms with van der Waals surface area (Å²) in [6.07, 6.45) is 1.26. The molecule has 1 aliphatic heterocycles. The summed E-state index contributed by atoms with van der Waals surface area (Å²) in [6.45, 7) is 4.27. The Bertz CT molecular complexity index is 1130. The van der Waals surface area contributed by atoms with Gasteiger partial charge in [-0.05, 0) is 28.8 Å². The Hall–Kier alpha value is -3.00. The van der Waals surface area contributed by atoms with Gasteiger partial charge in [-0.25, -0.2) is 8.42 Å². The molecule has 1 aliphatic rings. The van der Waals surface area contributed by atoms with Crippen LogP contribution in [-0.2, 0) is 29.7 Å². The first-order valence-corrected chi connectivity index (χ1v) is 13.4. The zero-order valence-corrected chi connectivity index (χ0v) is 20.3. The van der Waals surface area contributed by atoms with Crippen molar-refractivity contribution in [2.24, 2.45) is 0 Å². The molecular weight excluding hydrogens is 446 g/mol. The Morgan fingerprint density at radius 1 is 0.735 bits per heavy atom. The molecule has 3 aromatic carbocycles. The first-order chi connectivity index (χ1) is 16.4. The van der Waals surface area contributed by atoms with Gasteiger partial charge in [0.25, 0.3) is 5.91 Å². The van der Waals surface area contributed by atoms with E-state index in [1.807, 2.05) is 89.8 Å². The van der Waals surface area contributed by atoms with E-state index in [0.29, 0.717) is 44.8 Å². The van der Waals surface area contributed by atoms with E-state index in [4.69, 9.17) is 0 Å². The average molecular weight is 478 g/mol. The number of piperazine rings is 1. The molecule has 0 N–H and O–H groups in total. The molecule has 0 aliphatic carbocycles. The van der Waals surface area contributed by atoms with Crippen LogP contribution in [0, 0.1) is 0 Å². The first-order valence-electron chi connectivity index (χ1n) is 11.5. The van der Waals surface area contributed by atoms with Crippen LogP contribution < -0.4 is 0 Å². The molecule has 7 heteroatoms. The summed E-state index contributed by atoms with van der Waals surface area (Å²) in [5.41, 5.74) is 3.97. The first kappa shape index (κ1) is 24.1. The van der Waals surface area contributed by atoms with Gasteiger partial charge in [0.1, 0.15) is 0 Å². The third-order valence-corrected chi connectivity index (χ3v) is 7.43. The Labute approximate surface area is 202 Å². The van der Waals surface area contributed by atoms with Gasteiger partial charge >= 0.3 is 0 Å². The van der Waals surface area contributed by atoms with E-state index in [1.54, 1.807) is 0 Å². The molecule has 0 aromatic heterocycles. The number of amides is 1. The molecule has 178 valence electrons. The number of carbonyl (C=O) groups is 1. The highest BCUT2D eigenvalue weighted by atomic mass is 32.2. The van der Waals surface area contributed by atoms with E-state index >= 15 is 0 Å². The average Bonchev–Trinajstić information content (AvgIpc) is 2.85. The van der Waals surface area contributed by atoms with Gasteiger partial charge in [-0.3, -0.25) is 9.69 Å². The van der Waals surface area contributed by atoms with E-state index < -0.39 is 10.0 Å². The highest BCUT2D eigenvalue weighted by molar-refractivity contribution is 7.88. The number of benzene rings is 3. The van der Waals surface area contributed by atoms with Gasteiger partial charge in [0, 0.05) is 51.4 Å². The molecule has 1 saturated heterocycles. The predicted octanol–water partition coefficient (Wildman–Crippen LogP) is 3.61. The zero-order valence-electron chi connectivity index (χ0n) is 19.5. The van der Waals surface area contributed by atoms with Crippen LogP contribution in [0.25, 0.3) is 0 Å². The van der Waals surface area contributed by atoms with Crippen LogP contribution in [0.4, 0.5) is 0 Å². The van der Waals surface area contributed by atoms with Gasteiger partial charge in [-0.2, -0.15) is 4.31 Å². The van der Waals surface area contributed by atoms with Crippen LogP contribution in [-0.4, -0.2) is 60.9 Å². The molecular formula is C27H31N3O3S. The third kappa shape index (κ3) is 6.53. The SMILES string of the molecule is CS(=O)(=O)N1CCN(Cc2ccc(C(=O)N(Cc3ccccc3)Cc3ccccc3)cc2)CC1. The van der Waals surface area contributed by atoms with Crippen molar-refractivity contribution in [2.45, 2.75) is 19.6 Å². The Balaban J connectivity index is 1.42. The quantitative estimate of drug-likeness (QED) is 0.497. The van der Waals surface area contributed by atoms with Crippen LogP contribution in [0.3, 0.4) is 0 Å². The van der Waals surface area contributed by atoms with Crippen LogP contribution in [0.15, 0.2) is 84.9 Å². The van der Waals surface area contributed by atoms with Crippen molar-refractivity contribution in [1.82, 2.24) is 14.1 Å². The largest absolute Gasteiger partial charge is 0.330 e. The topological polar surface area (TPSA) is 60.9 Å². The lowest BCUT2D eigenvalue weighted by molar-refractivity contribution is 0.0730. The second-order valence-electron chi connectivity index (χ2n) is 8.77. The number of rotatable bonds is 8. The number of hydrogen-bond donors (Lipinski definition) is 0. The summed E-state index contributed by atoms with van der Waals surface area (Å²) in [5.74, 6) is 0.000947. The summed E-state index contributed by atoms with van der Waals surface area (Å²) in [4.78, 5) is 17.6. The van der Waals surface area contributed by atoms with E-state index in [2.05, 4.69) is 4.90 Å². The van der Waals surface area contributed by atoms with Crippen molar-refractivity contribution in [3.05, 3.63) is 107 Å². The summed E-state index contributed by atoms with van der Waals surface area (Å²) in [7, 11) is -3.13. The molecule has 1 amide bonds. The van der Waals surface area contributed by atoms with Crippen LogP contribution >= 0.6 is 0 Å². The van der Waals surface area contributed by atoms with Gasteiger partial charge in [0.15, 0.2) is 0 Å². The molecule has 0 unspecified atom stereocenters. The van der Waals surface area contributed by atoms with E-state index in [-0.39, 0.29) is 5.91 Å². The monoisotopic (exact) mass is 477 g/mol.